The van der Waals surface area contributed by atoms with E-state index in [-0.39, 0.29) is 11.8 Å². The number of hydrogen-bond donors (Lipinski definition) is 2. The predicted octanol–water partition coefficient (Wildman–Crippen LogP) is 3.73. The number of carbonyl (C=O) groups is 2. The van der Waals surface area contributed by atoms with Gasteiger partial charge in [0.15, 0.2) is 0 Å². The Bertz CT molecular complexity index is 666. The Morgan fingerprint density at radius 3 is 2.42 bits per heavy atom. The van der Waals surface area contributed by atoms with Gasteiger partial charge >= 0.3 is 0 Å². The minimum absolute atomic E-state index is 0.220. The van der Waals surface area contributed by atoms with E-state index in [1.165, 1.54) is 24.5 Å². The monoisotopic (exact) mass is 364 g/mol. The fourth-order valence-corrected chi connectivity index (χ4v) is 3.05. The smallest absolute Gasteiger partial charge is 0.257 e. The van der Waals surface area contributed by atoms with Crippen molar-refractivity contribution in [3.05, 3.63) is 47.0 Å². The molecule has 142 valence electrons. The average molecular weight is 364 g/mol. The molecule has 1 atom stereocenters. The van der Waals surface area contributed by atoms with E-state index in [9.17, 15) is 18.4 Å². The van der Waals surface area contributed by atoms with Crippen LogP contribution in [-0.4, -0.2) is 24.4 Å². The van der Waals surface area contributed by atoms with E-state index in [0.717, 1.165) is 31.4 Å². The zero-order valence-electron chi connectivity index (χ0n) is 15.3. The van der Waals surface area contributed by atoms with E-state index in [1.54, 1.807) is 13.8 Å². The first-order valence-corrected chi connectivity index (χ1v) is 9.10. The number of hydrogen-bond acceptors (Lipinski definition) is 2. The number of amides is 2. The Kier molecular flexibility index (Phi) is 7.30. The molecule has 0 saturated heterocycles. The largest absolute Gasteiger partial charge is 0.354 e. The van der Waals surface area contributed by atoms with E-state index >= 15 is 0 Å². The van der Waals surface area contributed by atoms with Gasteiger partial charge in [-0.3, -0.25) is 9.59 Å². The third-order valence-electron chi connectivity index (χ3n) is 4.56. The summed E-state index contributed by atoms with van der Waals surface area (Å²) in [7, 11) is 0. The molecule has 0 bridgehead atoms. The molecule has 2 N–H and O–H groups in total. The van der Waals surface area contributed by atoms with Gasteiger partial charge < -0.3 is 10.6 Å². The molecule has 1 aromatic rings. The van der Waals surface area contributed by atoms with Gasteiger partial charge in [-0.1, -0.05) is 31.6 Å². The molecule has 0 aromatic heterocycles. The van der Waals surface area contributed by atoms with Crippen molar-refractivity contribution in [2.24, 2.45) is 5.92 Å². The highest BCUT2D eigenvalue weighted by Gasteiger charge is 2.27. The van der Waals surface area contributed by atoms with Gasteiger partial charge in [-0.25, -0.2) is 8.78 Å². The number of allylic oxidation sites excluding steroid dienone is 1. The minimum atomic E-state index is -0.949. The Morgan fingerprint density at radius 1 is 1.15 bits per heavy atom. The van der Waals surface area contributed by atoms with Crippen LogP contribution >= 0.6 is 0 Å². The van der Waals surface area contributed by atoms with Crippen molar-refractivity contribution >= 4 is 11.8 Å². The van der Waals surface area contributed by atoms with Crippen LogP contribution in [0.2, 0.25) is 0 Å². The summed E-state index contributed by atoms with van der Waals surface area (Å²) in [6, 6.07) is 2.36. The maximum absolute atomic E-state index is 13.8. The fourth-order valence-electron chi connectivity index (χ4n) is 3.05. The van der Waals surface area contributed by atoms with Gasteiger partial charge in [0.2, 0.25) is 5.91 Å². The van der Waals surface area contributed by atoms with Gasteiger partial charge in [0.05, 0.1) is 0 Å². The van der Waals surface area contributed by atoms with Gasteiger partial charge in [0.1, 0.15) is 23.2 Å². The summed E-state index contributed by atoms with van der Waals surface area (Å²) >= 11 is 0. The summed E-state index contributed by atoms with van der Waals surface area (Å²) in [5.74, 6) is -3.39. The first-order valence-electron chi connectivity index (χ1n) is 9.10. The summed E-state index contributed by atoms with van der Waals surface area (Å²) in [4.78, 5) is 24.7. The third-order valence-corrected chi connectivity index (χ3v) is 4.56. The van der Waals surface area contributed by atoms with Gasteiger partial charge in [0, 0.05) is 6.54 Å². The molecule has 6 heteroatoms. The van der Waals surface area contributed by atoms with E-state index in [2.05, 4.69) is 16.7 Å². The molecule has 2 amide bonds. The van der Waals surface area contributed by atoms with E-state index < -0.39 is 29.1 Å². The van der Waals surface area contributed by atoms with Crippen LogP contribution in [0.5, 0.6) is 0 Å². The molecule has 1 aromatic carbocycles. The van der Waals surface area contributed by atoms with Gasteiger partial charge in [-0.15, -0.1) is 0 Å². The second kappa shape index (κ2) is 9.46. The van der Waals surface area contributed by atoms with Crippen molar-refractivity contribution in [2.75, 3.05) is 6.54 Å². The van der Waals surface area contributed by atoms with Gasteiger partial charge in [-0.05, 0) is 50.2 Å². The lowest BCUT2D eigenvalue weighted by Crippen LogP contribution is -2.50. The summed E-state index contributed by atoms with van der Waals surface area (Å²) in [5.41, 5.74) is 0.674. The van der Waals surface area contributed by atoms with Crippen LogP contribution in [0.4, 0.5) is 8.78 Å². The molecule has 0 unspecified atom stereocenters. The molecular weight excluding hydrogens is 338 g/mol. The second-order valence-electron chi connectivity index (χ2n) is 6.94. The molecular formula is C20H26F2N2O2. The van der Waals surface area contributed by atoms with Crippen LogP contribution in [-0.2, 0) is 4.79 Å². The molecule has 0 spiro atoms. The highest BCUT2D eigenvalue weighted by molar-refractivity contribution is 5.98. The van der Waals surface area contributed by atoms with Crippen LogP contribution in [0.1, 0.15) is 56.3 Å². The fraction of sp³-hybridized carbons (Fsp3) is 0.500. The first-order chi connectivity index (χ1) is 12.4. The molecule has 26 heavy (non-hydrogen) atoms. The average Bonchev–Trinajstić information content (AvgIpc) is 2.60. The topological polar surface area (TPSA) is 58.2 Å². The second-order valence-corrected chi connectivity index (χ2v) is 6.94. The van der Waals surface area contributed by atoms with Crippen molar-refractivity contribution in [2.45, 2.75) is 52.0 Å². The molecule has 0 fully saturated rings. The normalized spacial score (nSPS) is 15.3. The number of halogens is 2. The van der Waals surface area contributed by atoms with Crippen molar-refractivity contribution in [1.82, 2.24) is 10.6 Å². The van der Waals surface area contributed by atoms with Crippen LogP contribution in [0.25, 0.3) is 0 Å². The molecule has 0 heterocycles. The lowest BCUT2D eigenvalue weighted by Gasteiger charge is -2.22. The maximum atomic E-state index is 13.8. The Balaban J connectivity index is 1.95. The number of carbonyl (C=O) groups excluding carboxylic acids is 2. The number of benzene rings is 1. The third kappa shape index (κ3) is 5.38. The molecule has 1 aliphatic carbocycles. The number of rotatable bonds is 7. The molecule has 0 saturated carbocycles. The molecule has 0 radical (unpaired) electrons. The van der Waals surface area contributed by atoms with Gasteiger partial charge in [-0.2, -0.15) is 0 Å². The quantitative estimate of drug-likeness (QED) is 0.725. The zero-order valence-corrected chi connectivity index (χ0v) is 15.3. The molecule has 2 rings (SSSR count). The first kappa shape index (κ1) is 20.1. The van der Waals surface area contributed by atoms with E-state index in [0.29, 0.717) is 6.54 Å². The van der Waals surface area contributed by atoms with Crippen molar-refractivity contribution in [1.29, 1.82) is 0 Å². The van der Waals surface area contributed by atoms with Crippen LogP contribution in [0, 0.1) is 17.6 Å². The Hall–Kier alpha value is -2.24. The zero-order chi connectivity index (χ0) is 19.1. The molecule has 4 nitrogen and oxygen atoms in total. The molecule has 0 aliphatic heterocycles. The lowest BCUT2D eigenvalue weighted by atomic mass is 9.97. The summed E-state index contributed by atoms with van der Waals surface area (Å²) < 4.78 is 27.5. The Labute approximate surface area is 153 Å². The SMILES string of the molecule is CC(C)[C@H](NC(=O)c1c(F)cccc1F)C(=O)NCCC1=CCCCC1. The predicted molar refractivity (Wildman–Crippen MR) is 96.6 cm³/mol. The highest BCUT2D eigenvalue weighted by atomic mass is 19.1. The van der Waals surface area contributed by atoms with Crippen molar-refractivity contribution < 1.29 is 18.4 Å². The van der Waals surface area contributed by atoms with Crippen molar-refractivity contribution in [3.8, 4) is 0 Å². The summed E-state index contributed by atoms with van der Waals surface area (Å²) in [5, 5.41) is 5.27. The van der Waals surface area contributed by atoms with Gasteiger partial charge in [0.25, 0.3) is 5.91 Å². The van der Waals surface area contributed by atoms with Crippen LogP contribution in [0.3, 0.4) is 0 Å². The summed E-state index contributed by atoms with van der Waals surface area (Å²) in [6.45, 7) is 4.02. The van der Waals surface area contributed by atoms with Crippen LogP contribution < -0.4 is 10.6 Å². The standard InChI is InChI=1S/C20H26F2N2O2/c1-13(2)18(20(26)23-12-11-14-7-4-3-5-8-14)24-19(25)17-15(21)9-6-10-16(17)22/h6-7,9-10,13,18H,3-5,8,11-12H2,1-2H3,(H,23,26)(H,24,25)/t18-/m0/s1. The number of nitrogens with one attached hydrogen (secondary N) is 2. The molecule has 1 aliphatic rings. The Morgan fingerprint density at radius 2 is 1.85 bits per heavy atom. The summed E-state index contributed by atoms with van der Waals surface area (Å²) in [6.07, 6.45) is 7.54. The van der Waals surface area contributed by atoms with E-state index in [1.807, 2.05) is 0 Å². The van der Waals surface area contributed by atoms with Crippen molar-refractivity contribution in [3.63, 3.8) is 0 Å². The lowest BCUT2D eigenvalue weighted by molar-refractivity contribution is -0.123. The highest BCUT2D eigenvalue weighted by Crippen LogP contribution is 2.19. The van der Waals surface area contributed by atoms with Crippen LogP contribution in [0.15, 0.2) is 29.8 Å². The minimum Gasteiger partial charge on any atom is -0.354 e. The maximum Gasteiger partial charge on any atom is 0.257 e. The van der Waals surface area contributed by atoms with E-state index in [4.69, 9.17) is 0 Å².